The summed E-state index contributed by atoms with van der Waals surface area (Å²) in [4.78, 5) is 35.3. The Hall–Kier alpha value is -3.16. The highest BCUT2D eigenvalue weighted by Gasteiger charge is 2.26. The summed E-state index contributed by atoms with van der Waals surface area (Å²) in [5.74, 6) is -0.661. The van der Waals surface area contributed by atoms with E-state index in [2.05, 4.69) is 9.97 Å². The molecule has 8 heteroatoms. The first kappa shape index (κ1) is 18.2. The molecule has 1 fully saturated rings. The number of fused-ring (bicyclic) bond motifs is 1. The van der Waals surface area contributed by atoms with E-state index in [0.29, 0.717) is 30.2 Å². The molecule has 1 aromatic carbocycles. The number of rotatable bonds is 4. The van der Waals surface area contributed by atoms with Crippen LogP contribution in [0.2, 0.25) is 0 Å². The van der Waals surface area contributed by atoms with Crippen LogP contribution in [0.5, 0.6) is 6.01 Å². The van der Waals surface area contributed by atoms with E-state index in [0.717, 1.165) is 24.2 Å². The van der Waals surface area contributed by atoms with Crippen molar-refractivity contribution in [3.05, 3.63) is 52.3 Å². The standard InChI is InChI=1S/C20H22N4O4/c1-13-10-14(2)22-19(21-13)27-15-6-5-9-23(11-15)18(25)12-24-16-7-3-4-8-17(16)28-20(24)26/h3-4,7-8,10,15H,5-6,9,11-12H2,1-2H3/t15-/m0/s1. The predicted octanol–water partition coefficient (Wildman–Crippen LogP) is 2.07. The number of hydrogen-bond donors (Lipinski definition) is 0. The Labute approximate surface area is 161 Å². The molecule has 1 aliphatic rings. The number of carbonyl (C=O) groups is 1. The van der Waals surface area contributed by atoms with Gasteiger partial charge in [0.25, 0.3) is 0 Å². The smallest absolute Gasteiger partial charge is 0.420 e. The van der Waals surface area contributed by atoms with E-state index in [1.54, 1.807) is 23.1 Å². The average Bonchev–Trinajstić information content (AvgIpc) is 2.96. The normalized spacial score (nSPS) is 17.1. The zero-order valence-corrected chi connectivity index (χ0v) is 15.9. The molecule has 0 radical (unpaired) electrons. The number of likely N-dealkylation sites (tertiary alicyclic amines) is 1. The number of hydrogen-bond acceptors (Lipinski definition) is 6. The van der Waals surface area contributed by atoms with Crippen LogP contribution in [-0.2, 0) is 11.3 Å². The number of aryl methyl sites for hydroxylation is 2. The van der Waals surface area contributed by atoms with Crippen LogP contribution in [0.1, 0.15) is 24.2 Å². The Kier molecular flexibility index (Phi) is 4.85. The van der Waals surface area contributed by atoms with Gasteiger partial charge in [-0.05, 0) is 44.9 Å². The van der Waals surface area contributed by atoms with Crippen molar-refractivity contribution in [1.29, 1.82) is 0 Å². The number of aromatic nitrogens is 3. The van der Waals surface area contributed by atoms with Crippen LogP contribution in [0, 0.1) is 13.8 Å². The number of para-hydroxylation sites is 2. The molecular weight excluding hydrogens is 360 g/mol. The van der Waals surface area contributed by atoms with E-state index in [1.165, 1.54) is 4.57 Å². The summed E-state index contributed by atoms with van der Waals surface area (Å²) < 4.78 is 12.5. The summed E-state index contributed by atoms with van der Waals surface area (Å²) >= 11 is 0. The topological polar surface area (TPSA) is 90.5 Å². The first-order chi connectivity index (χ1) is 13.5. The monoisotopic (exact) mass is 382 g/mol. The van der Waals surface area contributed by atoms with E-state index < -0.39 is 5.76 Å². The summed E-state index contributed by atoms with van der Waals surface area (Å²) in [5, 5.41) is 0. The second-order valence-electron chi connectivity index (χ2n) is 7.08. The lowest BCUT2D eigenvalue weighted by Crippen LogP contribution is -2.46. The third-order valence-electron chi connectivity index (χ3n) is 4.83. The maximum atomic E-state index is 12.8. The second-order valence-corrected chi connectivity index (χ2v) is 7.08. The predicted molar refractivity (Wildman–Crippen MR) is 102 cm³/mol. The minimum absolute atomic E-state index is 0.0530. The Morgan fingerprint density at radius 2 is 2.00 bits per heavy atom. The number of carbonyl (C=O) groups excluding carboxylic acids is 1. The average molecular weight is 382 g/mol. The molecule has 28 heavy (non-hydrogen) atoms. The van der Waals surface area contributed by atoms with Gasteiger partial charge < -0.3 is 14.1 Å². The Balaban J connectivity index is 1.46. The van der Waals surface area contributed by atoms with Gasteiger partial charge in [-0.2, -0.15) is 0 Å². The van der Waals surface area contributed by atoms with E-state index in [-0.39, 0.29) is 18.6 Å². The maximum absolute atomic E-state index is 12.8. The SMILES string of the molecule is Cc1cc(C)nc(O[C@H]2CCCN(C(=O)Cn3c(=O)oc4ccccc43)C2)n1. The molecule has 8 nitrogen and oxygen atoms in total. The molecule has 0 saturated carbocycles. The fraction of sp³-hybridized carbons (Fsp3) is 0.400. The molecule has 1 atom stereocenters. The molecule has 3 heterocycles. The van der Waals surface area contributed by atoms with Gasteiger partial charge in [0.05, 0.1) is 12.1 Å². The Bertz CT molecular complexity index is 1050. The van der Waals surface area contributed by atoms with Crippen molar-refractivity contribution in [2.24, 2.45) is 0 Å². The molecule has 1 aliphatic heterocycles. The Morgan fingerprint density at radius 3 is 2.79 bits per heavy atom. The van der Waals surface area contributed by atoms with Crippen molar-refractivity contribution in [3.63, 3.8) is 0 Å². The maximum Gasteiger partial charge on any atom is 0.420 e. The van der Waals surface area contributed by atoms with Gasteiger partial charge in [-0.15, -0.1) is 0 Å². The van der Waals surface area contributed by atoms with Gasteiger partial charge in [-0.25, -0.2) is 14.8 Å². The van der Waals surface area contributed by atoms with Crippen molar-refractivity contribution in [3.8, 4) is 6.01 Å². The zero-order valence-electron chi connectivity index (χ0n) is 15.9. The molecule has 0 spiro atoms. The minimum Gasteiger partial charge on any atom is -0.458 e. The van der Waals surface area contributed by atoms with Gasteiger partial charge in [0.2, 0.25) is 5.91 Å². The Morgan fingerprint density at radius 1 is 1.25 bits per heavy atom. The summed E-state index contributed by atoms with van der Waals surface area (Å²) in [6.45, 7) is 4.82. The second kappa shape index (κ2) is 7.46. The lowest BCUT2D eigenvalue weighted by atomic mass is 10.1. The number of benzene rings is 1. The molecule has 1 amide bonds. The van der Waals surface area contributed by atoms with Gasteiger partial charge in [0.15, 0.2) is 5.58 Å². The van der Waals surface area contributed by atoms with Crippen LogP contribution >= 0.6 is 0 Å². The highest BCUT2D eigenvalue weighted by atomic mass is 16.5. The quantitative estimate of drug-likeness (QED) is 0.686. The molecule has 0 N–H and O–H groups in total. The highest BCUT2D eigenvalue weighted by molar-refractivity contribution is 5.79. The van der Waals surface area contributed by atoms with E-state index >= 15 is 0 Å². The number of ether oxygens (including phenoxy) is 1. The lowest BCUT2D eigenvalue weighted by molar-refractivity contribution is -0.134. The molecule has 3 aromatic rings. The summed E-state index contributed by atoms with van der Waals surface area (Å²) in [7, 11) is 0. The van der Waals surface area contributed by atoms with Crippen LogP contribution in [0.3, 0.4) is 0 Å². The number of nitrogens with zero attached hydrogens (tertiary/aromatic N) is 4. The lowest BCUT2D eigenvalue weighted by Gasteiger charge is -2.32. The number of oxazole rings is 1. The zero-order chi connectivity index (χ0) is 19.7. The fourth-order valence-electron chi connectivity index (χ4n) is 3.56. The van der Waals surface area contributed by atoms with E-state index in [4.69, 9.17) is 9.15 Å². The third-order valence-corrected chi connectivity index (χ3v) is 4.83. The van der Waals surface area contributed by atoms with Crippen LogP contribution in [0.25, 0.3) is 11.1 Å². The summed E-state index contributed by atoms with van der Waals surface area (Å²) in [6.07, 6.45) is 1.48. The highest BCUT2D eigenvalue weighted by Crippen LogP contribution is 2.18. The van der Waals surface area contributed by atoms with Gasteiger partial charge in [0.1, 0.15) is 12.6 Å². The van der Waals surface area contributed by atoms with Crippen molar-refractivity contribution in [1.82, 2.24) is 19.4 Å². The summed E-state index contributed by atoms with van der Waals surface area (Å²) in [6, 6.07) is 9.32. The molecule has 0 bridgehead atoms. The van der Waals surface area contributed by atoms with Gasteiger partial charge in [0, 0.05) is 17.9 Å². The van der Waals surface area contributed by atoms with Crippen LogP contribution in [0.15, 0.2) is 39.5 Å². The van der Waals surface area contributed by atoms with Gasteiger partial charge in [-0.1, -0.05) is 12.1 Å². The van der Waals surface area contributed by atoms with Crippen LogP contribution in [0.4, 0.5) is 0 Å². The van der Waals surface area contributed by atoms with Crippen molar-refractivity contribution in [2.75, 3.05) is 13.1 Å². The van der Waals surface area contributed by atoms with Gasteiger partial charge in [-0.3, -0.25) is 9.36 Å². The van der Waals surface area contributed by atoms with Crippen molar-refractivity contribution >= 4 is 17.0 Å². The summed E-state index contributed by atoms with van der Waals surface area (Å²) in [5.41, 5.74) is 2.79. The molecule has 0 unspecified atom stereocenters. The van der Waals surface area contributed by atoms with E-state index in [9.17, 15) is 9.59 Å². The molecule has 146 valence electrons. The first-order valence-electron chi connectivity index (χ1n) is 9.35. The molecule has 0 aliphatic carbocycles. The van der Waals surface area contributed by atoms with Gasteiger partial charge >= 0.3 is 11.8 Å². The first-order valence-corrected chi connectivity index (χ1v) is 9.35. The molecular formula is C20H22N4O4. The molecule has 1 saturated heterocycles. The van der Waals surface area contributed by atoms with Crippen LogP contribution in [-0.4, -0.2) is 44.5 Å². The largest absolute Gasteiger partial charge is 0.458 e. The third kappa shape index (κ3) is 3.76. The van der Waals surface area contributed by atoms with Crippen LogP contribution < -0.4 is 10.5 Å². The molecule has 2 aromatic heterocycles. The number of amides is 1. The molecule has 4 rings (SSSR count). The van der Waals surface area contributed by atoms with Crippen molar-refractivity contribution < 1.29 is 13.9 Å². The minimum atomic E-state index is -0.525. The van der Waals surface area contributed by atoms with Crippen molar-refractivity contribution in [2.45, 2.75) is 39.3 Å². The van der Waals surface area contributed by atoms with E-state index in [1.807, 2.05) is 26.0 Å². The fourth-order valence-corrected chi connectivity index (χ4v) is 3.56. The number of piperidine rings is 1.